The second kappa shape index (κ2) is 11.1. The van der Waals surface area contributed by atoms with E-state index in [1.165, 1.54) is 14.6 Å². The predicted molar refractivity (Wildman–Crippen MR) is 118 cm³/mol. The molecule has 0 saturated heterocycles. The molecule has 0 bridgehead atoms. The highest BCUT2D eigenvalue weighted by atomic mass is 127. The van der Waals surface area contributed by atoms with E-state index in [-0.39, 0.29) is 24.0 Å². The molecular weight excluding hydrogens is 451 g/mol. The van der Waals surface area contributed by atoms with E-state index in [0.29, 0.717) is 6.04 Å². The van der Waals surface area contributed by atoms with Crippen molar-refractivity contribution in [3.63, 3.8) is 0 Å². The molecule has 0 amide bonds. The average Bonchev–Trinajstić information content (AvgIpc) is 3.21. The summed E-state index contributed by atoms with van der Waals surface area (Å²) < 4.78 is 0. The number of nitrogens with zero attached hydrogens (tertiary/aromatic N) is 2. The van der Waals surface area contributed by atoms with Gasteiger partial charge in [0, 0.05) is 28.2 Å². The summed E-state index contributed by atoms with van der Waals surface area (Å²) in [6.45, 7) is 3.84. The summed E-state index contributed by atoms with van der Waals surface area (Å²) in [4.78, 5) is 10.7. The Morgan fingerprint density at radius 2 is 1.96 bits per heavy atom. The summed E-state index contributed by atoms with van der Waals surface area (Å²) in [6, 6.07) is 9.04. The molecule has 0 aliphatic carbocycles. The molecule has 2 rings (SSSR count). The molecule has 0 aliphatic rings. The number of hydrogen-bond acceptors (Lipinski definition) is 4. The van der Waals surface area contributed by atoms with Crippen molar-refractivity contribution in [2.75, 3.05) is 27.7 Å². The van der Waals surface area contributed by atoms with Crippen LogP contribution in [0.4, 0.5) is 0 Å². The predicted octanol–water partition coefficient (Wildman–Crippen LogP) is 3.96. The fraction of sp³-hybridized carbons (Fsp3) is 0.471. The lowest BCUT2D eigenvalue weighted by Crippen LogP contribution is -2.41. The normalized spacial score (nSPS) is 12.8. The van der Waals surface area contributed by atoms with Gasteiger partial charge in [0.25, 0.3) is 0 Å². The molecule has 0 radical (unpaired) electrons. The lowest BCUT2D eigenvalue weighted by atomic mass is 10.2. The zero-order valence-electron chi connectivity index (χ0n) is 14.7. The zero-order chi connectivity index (χ0) is 16.7. The molecule has 1 atom stereocenters. The maximum atomic E-state index is 4.33. The van der Waals surface area contributed by atoms with Crippen molar-refractivity contribution < 1.29 is 0 Å². The van der Waals surface area contributed by atoms with Crippen LogP contribution < -0.4 is 10.6 Å². The van der Waals surface area contributed by atoms with Gasteiger partial charge in [-0.1, -0.05) is 13.0 Å². The van der Waals surface area contributed by atoms with E-state index < -0.39 is 0 Å². The highest BCUT2D eigenvalue weighted by Crippen LogP contribution is 2.22. The molecule has 0 spiro atoms. The van der Waals surface area contributed by atoms with Crippen molar-refractivity contribution in [2.24, 2.45) is 4.99 Å². The molecule has 0 saturated carbocycles. The van der Waals surface area contributed by atoms with Gasteiger partial charge in [-0.25, -0.2) is 0 Å². The van der Waals surface area contributed by atoms with Crippen molar-refractivity contribution in [1.82, 2.24) is 15.5 Å². The standard InChI is InChI=1S/C17H26N4S2.HI/c1-5-13-8-9-14(23-13)11-19-17(18-2)20-12-15(21(3)4)16-7-6-10-22-16;/h6-10,15H,5,11-12H2,1-4H3,(H2,18,19,20);1H. The van der Waals surface area contributed by atoms with E-state index in [1.54, 1.807) is 11.3 Å². The Morgan fingerprint density at radius 3 is 2.50 bits per heavy atom. The molecule has 4 nitrogen and oxygen atoms in total. The van der Waals surface area contributed by atoms with Crippen LogP contribution in [-0.4, -0.2) is 38.5 Å². The van der Waals surface area contributed by atoms with Crippen LogP contribution >= 0.6 is 46.7 Å². The minimum absolute atomic E-state index is 0. The minimum atomic E-state index is 0. The summed E-state index contributed by atoms with van der Waals surface area (Å²) in [5.41, 5.74) is 0. The fourth-order valence-electron chi connectivity index (χ4n) is 2.31. The van der Waals surface area contributed by atoms with Crippen LogP contribution in [0.25, 0.3) is 0 Å². The number of likely N-dealkylation sites (N-methyl/N-ethyl adjacent to an activating group) is 1. The first-order valence-electron chi connectivity index (χ1n) is 7.86. The summed E-state index contributed by atoms with van der Waals surface area (Å²) in [5, 5.41) is 8.96. The summed E-state index contributed by atoms with van der Waals surface area (Å²) in [6.07, 6.45) is 1.10. The molecule has 2 aromatic rings. The van der Waals surface area contributed by atoms with Gasteiger partial charge in [0.15, 0.2) is 5.96 Å². The first kappa shape index (κ1) is 21.4. The van der Waals surface area contributed by atoms with Crippen molar-refractivity contribution in [3.8, 4) is 0 Å². The van der Waals surface area contributed by atoms with Gasteiger partial charge in [-0.05, 0) is 44.1 Å². The molecule has 7 heteroatoms. The van der Waals surface area contributed by atoms with Crippen molar-refractivity contribution in [1.29, 1.82) is 0 Å². The van der Waals surface area contributed by atoms with Crippen LogP contribution in [-0.2, 0) is 13.0 Å². The molecule has 134 valence electrons. The Morgan fingerprint density at radius 1 is 1.21 bits per heavy atom. The lowest BCUT2D eigenvalue weighted by Gasteiger charge is -2.24. The maximum Gasteiger partial charge on any atom is 0.191 e. The smallest absolute Gasteiger partial charge is 0.191 e. The SMILES string of the molecule is CCc1ccc(CNC(=NC)NCC(c2cccs2)N(C)C)s1.I. The number of halogens is 1. The van der Waals surface area contributed by atoms with Crippen LogP contribution in [0.5, 0.6) is 0 Å². The molecule has 2 heterocycles. The molecule has 0 fully saturated rings. The first-order chi connectivity index (χ1) is 11.1. The molecule has 2 aromatic heterocycles. The fourth-order valence-corrected chi connectivity index (χ4v) is 4.13. The molecule has 0 aliphatic heterocycles. The molecular formula is C17H27IN4S2. The number of aliphatic imine (C=N–C) groups is 1. The highest BCUT2D eigenvalue weighted by molar-refractivity contribution is 14.0. The van der Waals surface area contributed by atoms with Gasteiger partial charge in [0.05, 0.1) is 12.6 Å². The third-order valence-electron chi connectivity index (χ3n) is 3.68. The number of guanidine groups is 1. The Bertz CT molecular complexity index is 608. The van der Waals surface area contributed by atoms with Crippen molar-refractivity contribution in [2.45, 2.75) is 25.9 Å². The van der Waals surface area contributed by atoms with Gasteiger partial charge in [-0.15, -0.1) is 46.7 Å². The third kappa shape index (κ3) is 6.34. The average molecular weight is 478 g/mol. The number of nitrogens with one attached hydrogen (secondary N) is 2. The third-order valence-corrected chi connectivity index (χ3v) is 5.88. The van der Waals surface area contributed by atoms with E-state index in [0.717, 1.165) is 25.5 Å². The number of aryl methyl sites for hydroxylation is 1. The van der Waals surface area contributed by atoms with E-state index in [9.17, 15) is 0 Å². The van der Waals surface area contributed by atoms with E-state index in [2.05, 4.69) is 71.2 Å². The maximum absolute atomic E-state index is 4.33. The second-order valence-electron chi connectivity index (χ2n) is 5.52. The van der Waals surface area contributed by atoms with Crippen molar-refractivity contribution >= 4 is 52.6 Å². The Kier molecular flexibility index (Phi) is 9.87. The molecule has 2 N–H and O–H groups in total. The van der Waals surface area contributed by atoms with Gasteiger partial charge in [-0.3, -0.25) is 4.99 Å². The summed E-state index contributed by atoms with van der Waals surface area (Å²) in [5.74, 6) is 0.847. The topological polar surface area (TPSA) is 39.7 Å². The lowest BCUT2D eigenvalue weighted by molar-refractivity contribution is 0.302. The van der Waals surface area contributed by atoms with Crippen LogP contribution in [0.1, 0.15) is 27.6 Å². The number of rotatable bonds is 7. The summed E-state index contributed by atoms with van der Waals surface area (Å²) >= 11 is 3.65. The van der Waals surface area contributed by atoms with Crippen LogP contribution in [0.3, 0.4) is 0 Å². The number of hydrogen-bond donors (Lipinski definition) is 2. The van der Waals surface area contributed by atoms with Gasteiger partial charge in [0.2, 0.25) is 0 Å². The molecule has 0 aromatic carbocycles. The van der Waals surface area contributed by atoms with Gasteiger partial charge in [-0.2, -0.15) is 0 Å². The first-order valence-corrected chi connectivity index (χ1v) is 9.55. The van der Waals surface area contributed by atoms with E-state index >= 15 is 0 Å². The largest absolute Gasteiger partial charge is 0.354 e. The van der Waals surface area contributed by atoms with Gasteiger partial charge < -0.3 is 15.5 Å². The Hall–Kier alpha value is -0.640. The minimum Gasteiger partial charge on any atom is -0.354 e. The zero-order valence-corrected chi connectivity index (χ0v) is 18.7. The highest BCUT2D eigenvalue weighted by Gasteiger charge is 2.15. The van der Waals surface area contributed by atoms with Crippen molar-refractivity contribution in [3.05, 3.63) is 44.3 Å². The molecule has 1 unspecified atom stereocenters. The Labute approximate surface area is 170 Å². The van der Waals surface area contributed by atoms with Crippen LogP contribution in [0.15, 0.2) is 34.6 Å². The van der Waals surface area contributed by atoms with Crippen LogP contribution in [0.2, 0.25) is 0 Å². The second-order valence-corrected chi connectivity index (χ2v) is 7.76. The summed E-state index contributed by atoms with van der Waals surface area (Å²) in [7, 11) is 6.04. The molecule has 24 heavy (non-hydrogen) atoms. The van der Waals surface area contributed by atoms with Gasteiger partial charge in [0.1, 0.15) is 0 Å². The Balaban J connectivity index is 0.00000288. The quantitative estimate of drug-likeness (QED) is 0.360. The monoisotopic (exact) mass is 478 g/mol. The van der Waals surface area contributed by atoms with Gasteiger partial charge >= 0.3 is 0 Å². The number of thiophene rings is 2. The van der Waals surface area contributed by atoms with E-state index in [4.69, 9.17) is 0 Å². The van der Waals surface area contributed by atoms with Crippen LogP contribution in [0, 0.1) is 0 Å². The van der Waals surface area contributed by atoms with E-state index in [1.807, 2.05) is 18.4 Å².